The first kappa shape index (κ1) is 23.4. The van der Waals surface area contributed by atoms with Crippen molar-refractivity contribution in [3.05, 3.63) is 53.1 Å². The maximum atomic E-state index is 13.4. The highest BCUT2D eigenvalue weighted by molar-refractivity contribution is 7.98. The van der Waals surface area contributed by atoms with Gasteiger partial charge in [0.25, 0.3) is 5.91 Å². The molecule has 4 rings (SSSR count). The number of carbonyl (C=O) groups excluding carboxylic acids is 1. The number of sulfonamides is 1. The van der Waals surface area contributed by atoms with Crippen LogP contribution in [-0.2, 0) is 14.8 Å². The van der Waals surface area contributed by atoms with Gasteiger partial charge in [0.1, 0.15) is 0 Å². The number of ether oxygens (including phenoxy) is 1. The molecule has 172 valence electrons. The second kappa shape index (κ2) is 10.0. The summed E-state index contributed by atoms with van der Waals surface area (Å²) in [4.78, 5) is 17.9. The van der Waals surface area contributed by atoms with Crippen LogP contribution in [0, 0.1) is 0 Å². The predicted molar refractivity (Wildman–Crippen MR) is 127 cm³/mol. The molecule has 0 atom stereocenters. The molecule has 0 bridgehead atoms. The highest BCUT2D eigenvalue weighted by Gasteiger charge is 2.30. The van der Waals surface area contributed by atoms with Crippen LogP contribution in [0.2, 0.25) is 5.02 Å². The third-order valence-corrected chi connectivity index (χ3v) is 8.67. The second-order valence-corrected chi connectivity index (χ2v) is 10.9. The largest absolute Gasteiger partial charge is 0.378 e. The number of carbonyl (C=O) groups is 1. The van der Waals surface area contributed by atoms with Gasteiger partial charge in [0.15, 0.2) is 0 Å². The first-order chi connectivity index (χ1) is 15.4. The molecular weight excluding hydrogens is 470 g/mol. The molecule has 0 saturated carbocycles. The molecule has 0 aromatic heterocycles. The topological polar surface area (TPSA) is 70.2 Å². The molecule has 2 fully saturated rings. The van der Waals surface area contributed by atoms with Crippen molar-refractivity contribution in [2.24, 2.45) is 0 Å². The normalized spacial score (nSPS) is 18.1. The number of benzene rings is 2. The van der Waals surface area contributed by atoms with E-state index in [9.17, 15) is 13.2 Å². The third-order valence-electron chi connectivity index (χ3n) is 5.75. The molecule has 10 heteroatoms. The third kappa shape index (κ3) is 4.92. The smallest absolute Gasteiger partial charge is 0.255 e. The summed E-state index contributed by atoms with van der Waals surface area (Å²) in [6.45, 7) is 3.89. The van der Waals surface area contributed by atoms with E-state index in [1.807, 2.05) is 30.5 Å². The Balaban J connectivity index is 1.53. The van der Waals surface area contributed by atoms with Crippen LogP contribution in [0.4, 0.5) is 5.69 Å². The fourth-order valence-electron chi connectivity index (χ4n) is 3.96. The molecule has 2 aliphatic rings. The van der Waals surface area contributed by atoms with Gasteiger partial charge in [0.05, 0.1) is 23.7 Å². The lowest BCUT2D eigenvalue weighted by molar-refractivity contribution is 0.0300. The summed E-state index contributed by atoms with van der Waals surface area (Å²) in [6.07, 6.45) is 1.88. The molecule has 2 aromatic carbocycles. The Bertz CT molecular complexity index is 1080. The number of rotatable bonds is 5. The summed E-state index contributed by atoms with van der Waals surface area (Å²) >= 11 is 7.53. The Hall–Kier alpha value is -1.78. The van der Waals surface area contributed by atoms with Gasteiger partial charge < -0.3 is 14.5 Å². The Morgan fingerprint density at radius 3 is 2.38 bits per heavy atom. The minimum Gasteiger partial charge on any atom is -0.378 e. The summed E-state index contributed by atoms with van der Waals surface area (Å²) in [7, 11) is -3.71. The van der Waals surface area contributed by atoms with E-state index in [1.165, 1.54) is 22.1 Å². The number of hydrogen-bond acceptors (Lipinski definition) is 6. The highest BCUT2D eigenvalue weighted by atomic mass is 35.5. The Kier molecular flexibility index (Phi) is 7.31. The lowest BCUT2D eigenvalue weighted by Crippen LogP contribution is -2.48. The molecule has 0 spiro atoms. The van der Waals surface area contributed by atoms with E-state index in [4.69, 9.17) is 16.3 Å². The van der Waals surface area contributed by atoms with E-state index in [0.717, 1.165) is 10.6 Å². The van der Waals surface area contributed by atoms with Crippen molar-refractivity contribution in [3.63, 3.8) is 0 Å². The van der Waals surface area contributed by atoms with Crippen molar-refractivity contribution in [3.8, 4) is 0 Å². The number of hydrogen-bond donors (Lipinski definition) is 0. The summed E-state index contributed by atoms with van der Waals surface area (Å²) in [5.41, 5.74) is 1.41. The van der Waals surface area contributed by atoms with Crippen molar-refractivity contribution in [2.45, 2.75) is 9.79 Å². The summed E-state index contributed by atoms with van der Waals surface area (Å²) < 4.78 is 33.6. The molecule has 2 saturated heterocycles. The molecule has 7 nitrogen and oxygen atoms in total. The van der Waals surface area contributed by atoms with Gasteiger partial charge in [-0.15, -0.1) is 11.8 Å². The molecule has 0 N–H and O–H groups in total. The number of anilines is 1. The lowest BCUT2D eigenvalue weighted by Gasteiger charge is -2.35. The van der Waals surface area contributed by atoms with Crippen molar-refractivity contribution < 1.29 is 17.9 Å². The molecule has 0 aliphatic carbocycles. The summed E-state index contributed by atoms with van der Waals surface area (Å²) in [5, 5.41) is 0.656. The van der Waals surface area contributed by atoms with Gasteiger partial charge in [-0.25, -0.2) is 8.42 Å². The van der Waals surface area contributed by atoms with Crippen LogP contribution < -0.4 is 4.90 Å². The van der Waals surface area contributed by atoms with Crippen LogP contribution in [0.3, 0.4) is 0 Å². The number of thioether (sulfide) groups is 1. The molecule has 0 radical (unpaired) electrons. The average Bonchev–Trinajstić information content (AvgIpc) is 2.83. The standard InChI is InChI=1S/C22H26ClN3O4S2/c1-31-21-6-5-19(16-20(21)22(27)25-11-13-30-14-12-25)32(28,29)26-9-7-24(8-10-26)18-4-2-3-17(23)15-18/h2-6,15-16H,7-14H2,1H3. The first-order valence-electron chi connectivity index (χ1n) is 10.5. The Labute approximate surface area is 198 Å². The van der Waals surface area contributed by atoms with Crippen molar-refractivity contribution in [2.75, 3.05) is 63.6 Å². The van der Waals surface area contributed by atoms with E-state index in [0.29, 0.717) is 63.1 Å². The van der Waals surface area contributed by atoms with Gasteiger partial charge in [0, 0.05) is 54.9 Å². The van der Waals surface area contributed by atoms with E-state index in [-0.39, 0.29) is 10.8 Å². The number of nitrogens with zero attached hydrogens (tertiary/aromatic N) is 3. The number of morpholine rings is 1. The van der Waals surface area contributed by atoms with E-state index in [2.05, 4.69) is 4.90 Å². The maximum absolute atomic E-state index is 13.4. The van der Waals surface area contributed by atoms with Crippen molar-refractivity contribution in [1.82, 2.24) is 9.21 Å². The van der Waals surface area contributed by atoms with Crippen LogP contribution in [0.15, 0.2) is 52.3 Å². The lowest BCUT2D eigenvalue weighted by atomic mass is 10.2. The molecule has 2 heterocycles. The minimum absolute atomic E-state index is 0.152. The maximum Gasteiger partial charge on any atom is 0.255 e. The van der Waals surface area contributed by atoms with Crippen LogP contribution in [0.25, 0.3) is 0 Å². The predicted octanol–water partition coefficient (Wildman–Crippen LogP) is 3.05. The Morgan fingerprint density at radius 2 is 1.72 bits per heavy atom. The first-order valence-corrected chi connectivity index (χ1v) is 13.5. The minimum atomic E-state index is -3.71. The van der Waals surface area contributed by atoms with Crippen LogP contribution in [-0.4, -0.2) is 82.3 Å². The van der Waals surface area contributed by atoms with Crippen LogP contribution in [0.1, 0.15) is 10.4 Å². The zero-order valence-corrected chi connectivity index (χ0v) is 20.3. The SMILES string of the molecule is CSc1ccc(S(=O)(=O)N2CCN(c3cccc(Cl)c3)CC2)cc1C(=O)N1CCOCC1. The fraction of sp³-hybridized carbons (Fsp3) is 0.409. The molecule has 32 heavy (non-hydrogen) atoms. The number of piperazine rings is 1. The van der Waals surface area contributed by atoms with Crippen LogP contribution in [0.5, 0.6) is 0 Å². The second-order valence-electron chi connectivity index (χ2n) is 7.64. The molecule has 2 aliphatic heterocycles. The Morgan fingerprint density at radius 1 is 1.00 bits per heavy atom. The van der Waals surface area contributed by atoms with Gasteiger partial charge in [0.2, 0.25) is 10.0 Å². The van der Waals surface area contributed by atoms with E-state index in [1.54, 1.807) is 17.0 Å². The monoisotopic (exact) mass is 495 g/mol. The highest BCUT2D eigenvalue weighted by Crippen LogP contribution is 2.28. The van der Waals surface area contributed by atoms with Crippen molar-refractivity contribution >= 4 is 45.0 Å². The molecule has 2 aromatic rings. The zero-order valence-electron chi connectivity index (χ0n) is 17.9. The molecule has 0 unspecified atom stereocenters. The number of amides is 1. The molecular formula is C22H26ClN3O4S2. The van der Waals surface area contributed by atoms with Gasteiger partial charge >= 0.3 is 0 Å². The quantitative estimate of drug-likeness (QED) is 0.594. The van der Waals surface area contributed by atoms with E-state index >= 15 is 0 Å². The fourth-order valence-corrected chi connectivity index (χ4v) is 6.16. The van der Waals surface area contributed by atoms with Gasteiger partial charge in [-0.2, -0.15) is 4.31 Å². The van der Waals surface area contributed by atoms with Gasteiger partial charge in [-0.05, 0) is 42.7 Å². The van der Waals surface area contributed by atoms with Crippen LogP contribution >= 0.6 is 23.4 Å². The van der Waals surface area contributed by atoms with Gasteiger partial charge in [-0.1, -0.05) is 17.7 Å². The van der Waals surface area contributed by atoms with Gasteiger partial charge in [-0.3, -0.25) is 4.79 Å². The number of halogens is 1. The summed E-state index contributed by atoms with van der Waals surface area (Å²) in [6, 6.07) is 12.4. The van der Waals surface area contributed by atoms with Crippen molar-refractivity contribution in [1.29, 1.82) is 0 Å². The summed E-state index contributed by atoms with van der Waals surface area (Å²) in [5.74, 6) is -0.152. The average molecular weight is 496 g/mol. The molecule has 1 amide bonds. The zero-order chi connectivity index (χ0) is 22.7. The van der Waals surface area contributed by atoms with E-state index < -0.39 is 10.0 Å².